The second-order valence-corrected chi connectivity index (χ2v) is 6.80. The summed E-state index contributed by atoms with van der Waals surface area (Å²) < 4.78 is 5.72. The molecule has 0 aliphatic rings. The van der Waals surface area contributed by atoms with Crippen LogP contribution in [0.3, 0.4) is 0 Å². The SMILES string of the molecule is CCC(C)Oc1ccc(P=C([O-])c2c(Cl)cccc2Cl)cc1. The van der Waals surface area contributed by atoms with Crippen LogP contribution in [0, 0.1) is 0 Å². The lowest BCUT2D eigenvalue weighted by Crippen LogP contribution is -2.18. The molecule has 5 heteroatoms. The number of benzene rings is 2. The lowest BCUT2D eigenvalue weighted by atomic mass is 10.2. The van der Waals surface area contributed by atoms with Gasteiger partial charge in [-0.2, -0.15) is 0 Å². The van der Waals surface area contributed by atoms with Gasteiger partial charge in [-0.1, -0.05) is 44.4 Å². The van der Waals surface area contributed by atoms with Crippen LogP contribution in [0.25, 0.3) is 0 Å². The van der Waals surface area contributed by atoms with Crippen molar-refractivity contribution in [1.82, 2.24) is 0 Å². The van der Waals surface area contributed by atoms with E-state index in [1.165, 1.54) is 0 Å². The Morgan fingerprint density at radius 2 is 1.73 bits per heavy atom. The molecule has 0 saturated heterocycles. The fraction of sp³-hybridized carbons (Fsp3) is 0.235. The molecule has 0 amide bonds. The number of rotatable bonds is 5. The summed E-state index contributed by atoms with van der Waals surface area (Å²) in [6, 6.07) is 12.5. The van der Waals surface area contributed by atoms with E-state index in [0.717, 1.165) is 17.5 Å². The lowest BCUT2D eigenvalue weighted by Gasteiger charge is -2.16. The number of hydrogen-bond donors (Lipinski definition) is 0. The molecule has 22 heavy (non-hydrogen) atoms. The smallest absolute Gasteiger partial charge is 0.119 e. The Bertz CT molecular complexity index is 649. The zero-order valence-corrected chi connectivity index (χ0v) is 14.8. The van der Waals surface area contributed by atoms with Crippen LogP contribution in [0.1, 0.15) is 25.8 Å². The summed E-state index contributed by atoms with van der Waals surface area (Å²) in [6.45, 7) is 4.10. The Labute approximate surface area is 142 Å². The van der Waals surface area contributed by atoms with Gasteiger partial charge in [0.2, 0.25) is 0 Å². The van der Waals surface area contributed by atoms with Gasteiger partial charge in [0.1, 0.15) is 5.75 Å². The fourth-order valence-electron chi connectivity index (χ4n) is 1.79. The molecule has 2 nitrogen and oxygen atoms in total. The third kappa shape index (κ3) is 4.47. The second-order valence-electron chi connectivity index (χ2n) is 4.84. The van der Waals surface area contributed by atoms with Crippen LogP contribution in [-0.2, 0) is 0 Å². The molecule has 0 aromatic heterocycles. The van der Waals surface area contributed by atoms with Crippen LogP contribution < -0.4 is 15.1 Å². The van der Waals surface area contributed by atoms with Gasteiger partial charge in [-0.15, -0.1) is 5.48 Å². The second kappa shape index (κ2) is 7.99. The molecule has 1 atom stereocenters. The molecule has 0 saturated carbocycles. The summed E-state index contributed by atoms with van der Waals surface area (Å²) in [7, 11) is 0.536. The van der Waals surface area contributed by atoms with Crippen molar-refractivity contribution >= 4 is 42.2 Å². The zero-order valence-electron chi connectivity index (χ0n) is 12.3. The first-order chi connectivity index (χ1) is 10.5. The molecule has 116 valence electrons. The van der Waals surface area contributed by atoms with Gasteiger partial charge in [0.15, 0.2) is 0 Å². The van der Waals surface area contributed by atoms with Crippen molar-refractivity contribution in [2.75, 3.05) is 0 Å². The van der Waals surface area contributed by atoms with Crippen LogP contribution in [-0.4, -0.2) is 11.6 Å². The highest BCUT2D eigenvalue weighted by Gasteiger charge is 2.04. The highest BCUT2D eigenvalue weighted by molar-refractivity contribution is 7.49. The molecule has 2 aromatic rings. The third-order valence-corrected chi connectivity index (χ3v) is 4.77. The zero-order chi connectivity index (χ0) is 16.1. The Kier molecular flexibility index (Phi) is 6.28. The molecule has 0 aliphatic carbocycles. The van der Waals surface area contributed by atoms with E-state index in [4.69, 9.17) is 27.9 Å². The van der Waals surface area contributed by atoms with Gasteiger partial charge in [0, 0.05) is 20.9 Å². The molecule has 0 aliphatic heterocycles. The van der Waals surface area contributed by atoms with Crippen molar-refractivity contribution in [2.24, 2.45) is 0 Å². The predicted molar refractivity (Wildman–Crippen MR) is 93.9 cm³/mol. The van der Waals surface area contributed by atoms with Crippen LogP contribution >= 0.6 is 31.4 Å². The van der Waals surface area contributed by atoms with E-state index in [2.05, 4.69) is 6.92 Å². The maximum atomic E-state index is 12.4. The van der Waals surface area contributed by atoms with Gasteiger partial charge in [0.05, 0.1) is 6.10 Å². The molecular weight excluding hydrogens is 338 g/mol. The summed E-state index contributed by atoms with van der Waals surface area (Å²) in [5.74, 6) is 0.802. The van der Waals surface area contributed by atoms with Gasteiger partial charge < -0.3 is 9.84 Å². The monoisotopic (exact) mass is 353 g/mol. The van der Waals surface area contributed by atoms with Crippen LogP contribution in [0.2, 0.25) is 10.0 Å². The first-order valence-electron chi connectivity index (χ1n) is 6.98. The summed E-state index contributed by atoms with van der Waals surface area (Å²) in [5, 5.41) is 14.0. The molecule has 2 rings (SSSR count). The molecule has 0 spiro atoms. The van der Waals surface area contributed by atoms with Crippen molar-refractivity contribution in [2.45, 2.75) is 26.4 Å². The Balaban J connectivity index is 2.22. The Hall–Kier alpha value is -1.05. The minimum atomic E-state index is -0.119. The number of ether oxygens (including phenoxy) is 1. The Morgan fingerprint density at radius 3 is 2.27 bits per heavy atom. The number of halogens is 2. The molecule has 0 radical (unpaired) electrons. The van der Waals surface area contributed by atoms with Gasteiger partial charge in [-0.3, -0.25) is 0 Å². The molecule has 0 heterocycles. The first-order valence-corrected chi connectivity index (χ1v) is 8.63. The average molecular weight is 354 g/mol. The predicted octanol–water partition coefficient (Wildman–Crippen LogP) is 4.28. The van der Waals surface area contributed by atoms with E-state index in [0.29, 0.717) is 23.8 Å². The number of hydrogen-bond acceptors (Lipinski definition) is 2. The molecule has 2 aromatic carbocycles. The van der Waals surface area contributed by atoms with Crippen molar-refractivity contribution in [1.29, 1.82) is 0 Å². The maximum Gasteiger partial charge on any atom is 0.119 e. The lowest BCUT2D eigenvalue weighted by molar-refractivity contribution is -0.206. The quantitative estimate of drug-likeness (QED) is 0.751. The minimum absolute atomic E-state index is 0.119. The van der Waals surface area contributed by atoms with Gasteiger partial charge >= 0.3 is 0 Å². The fourth-order valence-corrected chi connectivity index (χ4v) is 3.38. The van der Waals surface area contributed by atoms with E-state index in [1.807, 2.05) is 31.2 Å². The highest BCUT2D eigenvalue weighted by atomic mass is 35.5. The average Bonchev–Trinajstić information content (AvgIpc) is 2.49. The summed E-state index contributed by atoms with van der Waals surface area (Å²) in [6.07, 6.45) is 1.12. The molecule has 0 bridgehead atoms. The molecular formula is C17H16Cl2O2P-. The normalized spacial score (nSPS) is 13.0. The van der Waals surface area contributed by atoms with Crippen LogP contribution in [0.5, 0.6) is 5.75 Å². The summed E-state index contributed by atoms with van der Waals surface area (Å²) in [4.78, 5) is 0. The molecule has 0 N–H and O–H groups in total. The first kappa shape index (κ1) is 17.3. The van der Waals surface area contributed by atoms with Crippen molar-refractivity contribution < 1.29 is 9.84 Å². The standard InChI is InChI=1S/C17H17Cl2O2P/c1-3-11(2)21-12-7-9-13(10-8-12)22-17(20)16-14(18)5-4-6-15(16)19/h4-11,20H,3H2,1-2H3/p-1. The molecule has 0 fully saturated rings. The van der Waals surface area contributed by atoms with Gasteiger partial charge in [0.25, 0.3) is 0 Å². The molecule has 1 unspecified atom stereocenters. The van der Waals surface area contributed by atoms with Gasteiger partial charge in [-0.05, 0) is 49.7 Å². The van der Waals surface area contributed by atoms with Crippen molar-refractivity contribution in [3.8, 4) is 5.75 Å². The maximum absolute atomic E-state index is 12.4. The topological polar surface area (TPSA) is 32.3 Å². The van der Waals surface area contributed by atoms with Gasteiger partial charge in [-0.25, -0.2) is 0 Å². The highest BCUT2D eigenvalue weighted by Crippen LogP contribution is 2.25. The van der Waals surface area contributed by atoms with E-state index >= 15 is 0 Å². The van der Waals surface area contributed by atoms with Crippen LogP contribution in [0.4, 0.5) is 0 Å². The third-order valence-electron chi connectivity index (χ3n) is 3.16. The van der Waals surface area contributed by atoms with Crippen molar-refractivity contribution in [3.05, 3.63) is 58.1 Å². The largest absolute Gasteiger partial charge is 0.823 e. The minimum Gasteiger partial charge on any atom is -0.823 e. The van der Waals surface area contributed by atoms with Crippen molar-refractivity contribution in [3.63, 3.8) is 0 Å². The van der Waals surface area contributed by atoms with E-state index in [1.54, 1.807) is 18.2 Å². The summed E-state index contributed by atoms with van der Waals surface area (Å²) >= 11 is 12.1. The van der Waals surface area contributed by atoms with Crippen LogP contribution in [0.15, 0.2) is 42.5 Å². The van der Waals surface area contributed by atoms with E-state index in [-0.39, 0.29) is 11.6 Å². The van der Waals surface area contributed by atoms with E-state index < -0.39 is 0 Å². The van der Waals surface area contributed by atoms with E-state index in [9.17, 15) is 5.11 Å². The Morgan fingerprint density at radius 1 is 1.14 bits per heavy atom. The summed E-state index contributed by atoms with van der Waals surface area (Å²) in [5.41, 5.74) is 0.249.